The third-order valence-electron chi connectivity index (χ3n) is 6.11. The molecular formula is C26H19Cl3N2O4S. The van der Waals surface area contributed by atoms with E-state index in [9.17, 15) is 13.2 Å². The molecule has 36 heavy (non-hydrogen) atoms. The van der Waals surface area contributed by atoms with Crippen LogP contribution in [-0.2, 0) is 10.0 Å². The molecule has 1 aliphatic rings. The lowest BCUT2D eigenvalue weighted by atomic mass is 9.94. The molecule has 0 aliphatic carbocycles. The Morgan fingerprint density at radius 1 is 0.750 bits per heavy atom. The second-order valence-corrected chi connectivity index (χ2v) is 11.3. The number of rotatable bonds is 5. The number of benzene rings is 3. The van der Waals surface area contributed by atoms with Crippen LogP contribution in [0.2, 0.25) is 15.1 Å². The lowest BCUT2D eigenvalue weighted by Crippen LogP contribution is -2.34. The maximum atomic E-state index is 14.3. The number of hydrogen-bond acceptors (Lipinski definition) is 4. The highest BCUT2D eigenvalue weighted by Gasteiger charge is 2.47. The monoisotopic (exact) mass is 560 g/mol. The lowest BCUT2D eigenvalue weighted by Gasteiger charge is -2.29. The summed E-state index contributed by atoms with van der Waals surface area (Å²) in [4.78, 5) is 13.1. The molecule has 0 saturated carbocycles. The average molecular weight is 562 g/mol. The van der Waals surface area contributed by atoms with Crippen LogP contribution >= 0.6 is 34.8 Å². The Balaban J connectivity index is 1.83. The van der Waals surface area contributed by atoms with Crippen molar-refractivity contribution in [2.75, 3.05) is 11.4 Å². The van der Waals surface area contributed by atoms with Crippen molar-refractivity contribution in [3.05, 3.63) is 121 Å². The summed E-state index contributed by atoms with van der Waals surface area (Å²) < 4.78 is 36.8. The molecule has 1 aliphatic heterocycles. The van der Waals surface area contributed by atoms with Gasteiger partial charge in [0.1, 0.15) is 16.5 Å². The van der Waals surface area contributed by atoms with Gasteiger partial charge in [-0.15, -0.1) is 0 Å². The van der Waals surface area contributed by atoms with Crippen LogP contribution in [0.3, 0.4) is 0 Å². The van der Waals surface area contributed by atoms with Crippen LogP contribution in [0.25, 0.3) is 0 Å². The molecule has 0 fully saturated rings. The molecule has 4 aromatic rings. The highest BCUT2D eigenvalue weighted by molar-refractivity contribution is 7.93. The molecule has 2 atom stereocenters. The van der Waals surface area contributed by atoms with Gasteiger partial charge < -0.3 is 4.74 Å². The molecule has 0 amide bonds. The largest absolute Gasteiger partial charge is 0.495 e. The number of hydrogen-bond donors (Lipinski definition) is 0. The SMILES string of the molecule is COc1ccc(Cl)cc1S(=O)(=O)N1c2cccc(=O)n2[C@@H](c2ccc(Cl)cc2)[C@H]1c1ccc(Cl)cc1. The number of nitrogens with zero attached hydrogens (tertiary/aromatic N) is 2. The van der Waals surface area contributed by atoms with Crippen LogP contribution in [0, 0.1) is 0 Å². The standard InChI is InChI=1S/C26H19Cl3N2O4S/c1-35-21-14-13-20(29)15-22(21)36(33,34)31-23-3-2-4-24(32)30(23)25(16-5-9-18(27)10-6-16)26(31)17-7-11-19(28)12-8-17/h2-15,25-26H,1H3/t25-,26+/m0/s1. The van der Waals surface area contributed by atoms with E-state index in [0.717, 1.165) is 0 Å². The van der Waals surface area contributed by atoms with Gasteiger partial charge in [0.05, 0.1) is 19.2 Å². The predicted octanol–water partition coefficient (Wildman–Crippen LogP) is 6.36. The first kappa shape index (κ1) is 24.7. The minimum atomic E-state index is -4.29. The van der Waals surface area contributed by atoms with Crippen molar-refractivity contribution >= 4 is 50.6 Å². The van der Waals surface area contributed by atoms with Gasteiger partial charge in [-0.1, -0.05) is 65.1 Å². The number of methoxy groups -OCH3 is 1. The normalized spacial score (nSPS) is 17.2. The number of aromatic nitrogens is 1. The molecule has 2 heterocycles. The molecule has 0 bridgehead atoms. The number of anilines is 1. The predicted molar refractivity (Wildman–Crippen MR) is 142 cm³/mol. The van der Waals surface area contributed by atoms with Gasteiger partial charge in [0.25, 0.3) is 15.6 Å². The number of fused-ring (bicyclic) bond motifs is 1. The van der Waals surface area contributed by atoms with Crippen molar-refractivity contribution in [1.82, 2.24) is 4.57 Å². The smallest absolute Gasteiger partial charge is 0.269 e. The van der Waals surface area contributed by atoms with Crippen molar-refractivity contribution in [1.29, 1.82) is 0 Å². The Morgan fingerprint density at radius 3 is 1.89 bits per heavy atom. The van der Waals surface area contributed by atoms with Gasteiger partial charge >= 0.3 is 0 Å². The zero-order valence-corrected chi connectivity index (χ0v) is 21.9. The van der Waals surface area contributed by atoms with Crippen LogP contribution in [0.4, 0.5) is 5.82 Å². The molecule has 0 N–H and O–H groups in total. The first-order valence-corrected chi connectivity index (χ1v) is 13.4. The van der Waals surface area contributed by atoms with Crippen molar-refractivity contribution < 1.29 is 13.2 Å². The second-order valence-electron chi connectivity index (χ2n) is 8.18. The minimum absolute atomic E-state index is 0.115. The second kappa shape index (κ2) is 9.48. The van der Waals surface area contributed by atoms with Crippen LogP contribution in [-0.4, -0.2) is 20.1 Å². The maximum Gasteiger partial charge on any atom is 0.269 e. The molecule has 0 spiro atoms. The highest BCUT2D eigenvalue weighted by Crippen LogP contribution is 2.50. The Morgan fingerprint density at radius 2 is 1.31 bits per heavy atom. The van der Waals surface area contributed by atoms with Crippen LogP contribution in [0.5, 0.6) is 5.75 Å². The molecule has 5 rings (SSSR count). The first-order valence-electron chi connectivity index (χ1n) is 10.8. The van der Waals surface area contributed by atoms with E-state index in [-0.39, 0.29) is 27.0 Å². The van der Waals surface area contributed by atoms with E-state index in [1.807, 2.05) is 0 Å². The van der Waals surface area contributed by atoms with Gasteiger partial charge in [0.15, 0.2) is 0 Å². The fraction of sp³-hybridized carbons (Fsp3) is 0.115. The quantitative estimate of drug-likeness (QED) is 0.284. The van der Waals surface area contributed by atoms with E-state index in [1.54, 1.807) is 60.7 Å². The molecule has 0 unspecified atom stereocenters. The topological polar surface area (TPSA) is 68.6 Å². The Kier molecular flexibility index (Phi) is 6.51. The van der Waals surface area contributed by atoms with E-state index in [2.05, 4.69) is 0 Å². The van der Waals surface area contributed by atoms with Gasteiger partial charge in [-0.05, 0) is 59.7 Å². The summed E-state index contributed by atoms with van der Waals surface area (Å²) in [6.07, 6.45) is 0. The molecule has 3 aromatic carbocycles. The highest BCUT2D eigenvalue weighted by atomic mass is 35.5. The molecule has 0 radical (unpaired) electrons. The summed E-state index contributed by atoms with van der Waals surface area (Å²) >= 11 is 18.5. The molecule has 6 nitrogen and oxygen atoms in total. The van der Waals surface area contributed by atoms with E-state index in [4.69, 9.17) is 39.5 Å². The summed E-state index contributed by atoms with van der Waals surface area (Å²) in [5, 5.41) is 1.25. The van der Waals surface area contributed by atoms with Gasteiger partial charge in [0.2, 0.25) is 0 Å². The average Bonchev–Trinajstić information content (AvgIpc) is 3.22. The number of halogens is 3. The fourth-order valence-corrected chi connectivity index (χ4v) is 6.87. The summed E-state index contributed by atoms with van der Waals surface area (Å²) in [5.74, 6) is 0.346. The minimum Gasteiger partial charge on any atom is -0.495 e. The Hall–Kier alpha value is -2.97. The van der Waals surface area contributed by atoms with Crippen LogP contribution < -0.4 is 14.6 Å². The van der Waals surface area contributed by atoms with E-state index >= 15 is 0 Å². The Bertz CT molecular complexity index is 1600. The summed E-state index contributed by atoms with van der Waals surface area (Å²) in [6.45, 7) is 0. The summed E-state index contributed by atoms with van der Waals surface area (Å²) in [5.41, 5.74) is 1.01. The maximum absolute atomic E-state index is 14.3. The molecule has 184 valence electrons. The van der Waals surface area contributed by atoms with E-state index < -0.39 is 22.1 Å². The van der Waals surface area contributed by atoms with Crippen molar-refractivity contribution in [3.8, 4) is 5.75 Å². The van der Waals surface area contributed by atoms with E-state index in [1.165, 1.54) is 40.2 Å². The van der Waals surface area contributed by atoms with Crippen molar-refractivity contribution in [2.24, 2.45) is 0 Å². The zero-order chi connectivity index (χ0) is 25.6. The van der Waals surface area contributed by atoms with Crippen LogP contribution in [0.15, 0.2) is 94.6 Å². The van der Waals surface area contributed by atoms with Gasteiger partial charge in [0, 0.05) is 21.1 Å². The molecule has 10 heteroatoms. The molecule has 1 aromatic heterocycles. The first-order chi connectivity index (χ1) is 17.2. The summed E-state index contributed by atoms with van der Waals surface area (Å²) in [7, 11) is -2.90. The van der Waals surface area contributed by atoms with Crippen LogP contribution in [0.1, 0.15) is 23.2 Å². The lowest BCUT2D eigenvalue weighted by molar-refractivity contribution is 0.402. The third-order valence-corrected chi connectivity index (χ3v) is 8.66. The fourth-order valence-electron chi connectivity index (χ4n) is 4.56. The molecular weight excluding hydrogens is 543 g/mol. The van der Waals surface area contributed by atoms with Crippen molar-refractivity contribution in [2.45, 2.75) is 17.0 Å². The van der Waals surface area contributed by atoms with E-state index in [0.29, 0.717) is 21.2 Å². The Labute approximate surface area is 223 Å². The molecule has 0 saturated heterocycles. The zero-order valence-electron chi connectivity index (χ0n) is 18.8. The van der Waals surface area contributed by atoms with Gasteiger partial charge in [-0.25, -0.2) is 12.7 Å². The van der Waals surface area contributed by atoms with Gasteiger partial charge in [-0.3, -0.25) is 9.36 Å². The van der Waals surface area contributed by atoms with Crippen molar-refractivity contribution in [3.63, 3.8) is 0 Å². The number of ether oxygens (including phenoxy) is 1. The third kappa shape index (κ3) is 4.16. The number of pyridine rings is 1. The summed E-state index contributed by atoms with van der Waals surface area (Å²) in [6, 6.07) is 21.3. The van der Waals surface area contributed by atoms with Gasteiger partial charge in [-0.2, -0.15) is 0 Å². The number of sulfonamides is 1.